The Balaban J connectivity index is 2.25. The maximum absolute atomic E-state index is 11.5. The highest BCUT2D eigenvalue weighted by Gasteiger charge is 2.51. The Morgan fingerprint density at radius 1 is 1.26 bits per heavy atom. The van der Waals surface area contributed by atoms with Crippen LogP contribution in [-0.4, -0.2) is 49.8 Å². The van der Waals surface area contributed by atoms with Crippen molar-refractivity contribution in [2.45, 2.75) is 38.9 Å². The van der Waals surface area contributed by atoms with Crippen LogP contribution in [0.4, 0.5) is 10.5 Å². The standard InChI is InChI=1S/C16H24BNO5/c1-15(2)16(3,4)23-17(22-15)12-7-6-8-13(11-12)18(14(19)20)9-10-21-5/h6-8,11H,9-10H2,1-5H3,(H,19,20). The highest BCUT2D eigenvalue weighted by Crippen LogP contribution is 2.36. The zero-order valence-corrected chi connectivity index (χ0v) is 14.3. The molecule has 6 nitrogen and oxygen atoms in total. The Labute approximate surface area is 137 Å². The molecule has 0 unspecified atom stereocenters. The van der Waals surface area contributed by atoms with Gasteiger partial charge >= 0.3 is 13.2 Å². The van der Waals surface area contributed by atoms with Crippen LogP contribution < -0.4 is 10.4 Å². The minimum Gasteiger partial charge on any atom is -0.465 e. The Morgan fingerprint density at radius 3 is 2.39 bits per heavy atom. The number of anilines is 1. The van der Waals surface area contributed by atoms with Crippen LogP contribution in [-0.2, 0) is 14.0 Å². The van der Waals surface area contributed by atoms with Gasteiger partial charge in [0.25, 0.3) is 0 Å². The molecule has 1 amide bonds. The van der Waals surface area contributed by atoms with E-state index in [2.05, 4.69) is 0 Å². The van der Waals surface area contributed by atoms with Gasteiger partial charge in [-0.3, -0.25) is 4.90 Å². The fourth-order valence-electron chi connectivity index (χ4n) is 2.34. The number of hydrogen-bond donors (Lipinski definition) is 1. The van der Waals surface area contributed by atoms with Gasteiger partial charge in [0.1, 0.15) is 0 Å². The lowest BCUT2D eigenvalue weighted by Gasteiger charge is -2.32. The smallest absolute Gasteiger partial charge is 0.465 e. The van der Waals surface area contributed by atoms with Crippen molar-refractivity contribution in [3.8, 4) is 0 Å². The van der Waals surface area contributed by atoms with Crippen LogP contribution in [0.15, 0.2) is 24.3 Å². The summed E-state index contributed by atoms with van der Waals surface area (Å²) in [6.07, 6.45) is -1.02. The topological polar surface area (TPSA) is 68.2 Å². The minimum atomic E-state index is -1.02. The van der Waals surface area contributed by atoms with Crippen LogP contribution in [0, 0.1) is 0 Å². The molecule has 1 aliphatic heterocycles. The third-order valence-electron chi connectivity index (χ3n) is 4.46. The Bertz CT molecular complexity index is 559. The zero-order valence-electron chi connectivity index (χ0n) is 14.3. The SMILES string of the molecule is COCCN(C(=O)O)c1cccc(B2OC(C)(C)C(C)(C)O2)c1. The van der Waals surface area contributed by atoms with Crippen LogP contribution in [0.2, 0.25) is 0 Å². The second-order valence-corrected chi connectivity index (χ2v) is 6.61. The molecule has 2 rings (SSSR count). The van der Waals surface area contributed by atoms with Gasteiger partial charge in [0, 0.05) is 12.8 Å². The van der Waals surface area contributed by atoms with E-state index in [4.69, 9.17) is 14.0 Å². The molecule has 1 heterocycles. The molecular formula is C16H24BNO5. The number of ether oxygens (including phenoxy) is 1. The van der Waals surface area contributed by atoms with Crippen molar-refractivity contribution in [3.63, 3.8) is 0 Å². The minimum absolute atomic E-state index is 0.263. The molecule has 0 radical (unpaired) electrons. The Hall–Kier alpha value is -1.57. The molecule has 1 aromatic carbocycles. The number of carboxylic acid groups (broad SMARTS) is 1. The van der Waals surface area contributed by atoms with E-state index in [9.17, 15) is 9.90 Å². The van der Waals surface area contributed by atoms with Crippen molar-refractivity contribution < 1.29 is 23.9 Å². The van der Waals surface area contributed by atoms with Crippen molar-refractivity contribution in [2.75, 3.05) is 25.2 Å². The molecule has 0 aromatic heterocycles. The monoisotopic (exact) mass is 321 g/mol. The molecule has 0 saturated carbocycles. The van der Waals surface area contributed by atoms with E-state index in [0.29, 0.717) is 12.3 Å². The van der Waals surface area contributed by atoms with Gasteiger partial charge in [-0.1, -0.05) is 12.1 Å². The first-order valence-electron chi connectivity index (χ1n) is 7.63. The summed E-state index contributed by atoms with van der Waals surface area (Å²) in [6.45, 7) is 8.53. The van der Waals surface area contributed by atoms with Gasteiger partial charge in [0.15, 0.2) is 0 Å². The van der Waals surface area contributed by atoms with Crippen molar-refractivity contribution in [2.24, 2.45) is 0 Å². The molecule has 1 saturated heterocycles. The molecule has 1 aliphatic rings. The van der Waals surface area contributed by atoms with Crippen molar-refractivity contribution in [1.29, 1.82) is 0 Å². The predicted molar refractivity (Wildman–Crippen MR) is 89.4 cm³/mol. The number of amides is 1. The Morgan fingerprint density at radius 2 is 1.87 bits per heavy atom. The maximum atomic E-state index is 11.5. The van der Waals surface area contributed by atoms with Gasteiger partial charge in [0.05, 0.1) is 24.4 Å². The zero-order chi connectivity index (χ0) is 17.3. The third-order valence-corrected chi connectivity index (χ3v) is 4.46. The van der Waals surface area contributed by atoms with Gasteiger partial charge in [0.2, 0.25) is 0 Å². The van der Waals surface area contributed by atoms with Crippen LogP contribution >= 0.6 is 0 Å². The summed E-state index contributed by atoms with van der Waals surface area (Å²) >= 11 is 0. The fraction of sp³-hybridized carbons (Fsp3) is 0.562. The van der Waals surface area contributed by atoms with E-state index < -0.39 is 24.4 Å². The van der Waals surface area contributed by atoms with Gasteiger partial charge < -0.3 is 19.2 Å². The predicted octanol–water partition coefficient (Wildman–Crippen LogP) is 2.12. The molecule has 1 N–H and O–H groups in total. The number of nitrogens with zero attached hydrogens (tertiary/aromatic N) is 1. The first kappa shape index (κ1) is 17.8. The van der Waals surface area contributed by atoms with Crippen molar-refractivity contribution in [1.82, 2.24) is 0 Å². The van der Waals surface area contributed by atoms with Crippen LogP contribution in [0.5, 0.6) is 0 Å². The normalized spacial score (nSPS) is 18.9. The number of hydrogen-bond acceptors (Lipinski definition) is 4. The summed E-state index contributed by atoms with van der Waals surface area (Å²) in [7, 11) is 1.03. The molecule has 0 bridgehead atoms. The van der Waals surface area contributed by atoms with Crippen molar-refractivity contribution >= 4 is 24.4 Å². The number of rotatable bonds is 5. The first-order valence-corrected chi connectivity index (χ1v) is 7.63. The summed E-state index contributed by atoms with van der Waals surface area (Å²) in [5.41, 5.74) is 0.499. The van der Waals surface area contributed by atoms with E-state index in [-0.39, 0.29) is 6.54 Å². The van der Waals surface area contributed by atoms with E-state index in [0.717, 1.165) is 5.46 Å². The largest absolute Gasteiger partial charge is 0.494 e. The van der Waals surface area contributed by atoms with Gasteiger partial charge in [-0.05, 0) is 45.3 Å². The first-order chi connectivity index (χ1) is 10.7. The average Bonchev–Trinajstić information content (AvgIpc) is 2.68. The second-order valence-electron chi connectivity index (χ2n) is 6.61. The van der Waals surface area contributed by atoms with Crippen LogP contribution in [0.1, 0.15) is 27.7 Å². The molecule has 1 aromatic rings. The molecule has 0 spiro atoms. The van der Waals surface area contributed by atoms with Crippen LogP contribution in [0.3, 0.4) is 0 Å². The van der Waals surface area contributed by atoms with E-state index >= 15 is 0 Å². The van der Waals surface area contributed by atoms with Gasteiger partial charge in [-0.15, -0.1) is 0 Å². The maximum Gasteiger partial charge on any atom is 0.494 e. The Kier molecular flexibility index (Phi) is 5.03. The number of benzene rings is 1. The lowest BCUT2D eigenvalue weighted by Crippen LogP contribution is -2.41. The molecule has 23 heavy (non-hydrogen) atoms. The number of carbonyl (C=O) groups is 1. The number of methoxy groups -OCH3 is 1. The highest BCUT2D eigenvalue weighted by molar-refractivity contribution is 6.62. The highest BCUT2D eigenvalue weighted by atomic mass is 16.7. The summed E-state index contributed by atoms with van der Waals surface area (Å²) in [5, 5.41) is 9.38. The lowest BCUT2D eigenvalue weighted by atomic mass is 9.79. The van der Waals surface area contributed by atoms with Crippen LogP contribution in [0.25, 0.3) is 0 Å². The van der Waals surface area contributed by atoms with Crippen molar-refractivity contribution in [3.05, 3.63) is 24.3 Å². The van der Waals surface area contributed by atoms with Gasteiger partial charge in [-0.2, -0.15) is 0 Å². The third kappa shape index (κ3) is 3.68. The summed E-state index contributed by atoms with van der Waals surface area (Å²) < 4.78 is 17.0. The molecule has 126 valence electrons. The summed E-state index contributed by atoms with van der Waals surface area (Å²) in [4.78, 5) is 12.7. The fourth-order valence-corrected chi connectivity index (χ4v) is 2.34. The van der Waals surface area contributed by atoms with E-state index in [1.54, 1.807) is 25.3 Å². The summed E-state index contributed by atoms with van der Waals surface area (Å²) in [5.74, 6) is 0. The van der Waals surface area contributed by atoms with E-state index in [1.807, 2.05) is 33.8 Å². The molecule has 7 heteroatoms. The average molecular weight is 321 g/mol. The van der Waals surface area contributed by atoms with E-state index in [1.165, 1.54) is 4.90 Å². The lowest BCUT2D eigenvalue weighted by molar-refractivity contribution is 0.00578. The quantitative estimate of drug-likeness (QED) is 0.841. The molecule has 0 aliphatic carbocycles. The summed E-state index contributed by atoms with van der Waals surface area (Å²) in [6, 6.07) is 7.21. The van der Waals surface area contributed by atoms with Gasteiger partial charge in [-0.25, -0.2) is 4.79 Å². The molecular weight excluding hydrogens is 297 g/mol. The second kappa shape index (κ2) is 6.51. The molecule has 1 fully saturated rings. The molecule has 0 atom stereocenters.